The summed E-state index contributed by atoms with van der Waals surface area (Å²) in [6.07, 6.45) is -1.08. The Morgan fingerprint density at radius 3 is 2.00 bits per heavy atom. The van der Waals surface area contributed by atoms with Crippen LogP contribution in [0.3, 0.4) is 0 Å². The van der Waals surface area contributed by atoms with Crippen molar-refractivity contribution in [3.8, 4) is 0 Å². The summed E-state index contributed by atoms with van der Waals surface area (Å²) in [4.78, 5) is 46.1. The normalized spacial score (nSPS) is 13.5. The lowest BCUT2D eigenvalue weighted by Crippen LogP contribution is -2.55. The molecule has 0 radical (unpaired) electrons. The summed E-state index contributed by atoms with van der Waals surface area (Å²) in [5, 5.41) is 2.28. The van der Waals surface area contributed by atoms with Crippen molar-refractivity contribution < 1.29 is 23.9 Å². The summed E-state index contributed by atoms with van der Waals surface area (Å²) < 4.78 is 5.02. The average molecular weight is 316 g/mol. The lowest BCUT2D eigenvalue weighted by atomic mass is 10.1. The molecule has 9 nitrogen and oxygen atoms in total. The summed E-state index contributed by atoms with van der Waals surface area (Å²) in [6, 6.07) is -1.98. The van der Waals surface area contributed by atoms with Crippen molar-refractivity contribution >= 4 is 23.7 Å². The molecule has 3 amide bonds. The third kappa shape index (κ3) is 8.90. The predicted molar refractivity (Wildman–Crippen MR) is 78.4 cm³/mol. The minimum Gasteiger partial charge on any atom is -0.444 e. The van der Waals surface area contributed by atoms with Crippen molar-refractivity contribution in [2.45, 2.75) is 58.7 Å². The van der Waals surface area contributed by atoms with Gasteiger partial charge in [-0.1, -0.05) is 0 Å². The van der Waals surface area contributed by atoms with Gasteiger partial charge in [0.15, 0.2) is 0 Å². The van der Waals surface area contributed by atoms with Gasteiger partial charge in [0.2, 0.25) is 0 Å². The number of ketones is 1. The molecule has 22 heavy (non-hydrogen) atoms. The van der Waals surface area contributed by atoms with Crippen LogP contribution < -0.4 is 21.9 Å². The third-order valence-electron chi connectivity index (χ3n) is 2.22. The molecule has 0 spiro atoms. The van der Waals surface area contributed by atoms with E-state index in [0.717, 1.165) is 0 Å². The molecule has 2 atom stereocenters. The average Bonchev–Trinajstić information content (AvgIpc) is 2.31. The number of rotatable bonds is 5. The number of amides is 3. The maximum atomic E-state index is 11.9. The van der Waals surface area contributed by atoms with Crippen LogP contribution in [0, 0.1) is 0 Å². The fraction of sp³-hybridized carbons (Fsp3) is 0.692. The molecule has 0 rings (SSSR count). The highest BCUT2D eigenvalue weighted by Gasteiger charge is 2.26. The minimum atomic E-state index is -1.17. The molecule has 0 saturated heterocycles. The van der Waals surface area contributed by atoms with Crippen LogP contribution in [0.25, 0.3) is 0 Å². The van der Waals surface area contributed by atoms with E-state index in [1.807, 2.05) is 0 Å². The fourth-order valence-corrected chi connectivity index (χ4v) is 1.27. The maximum Gasteiger partial charge on any atom is 0.408 e. The minimum absolute atomic E-state index is 0.237. The van der Waals surface area contributed by atoms with E-state index in [1.165, 1.54) is 13.8 Å². The monoisotopic (exact) mass is 316 g/mol. The molecule has 0 saturated carbocycles. The van der Waals surface area contributed by atoms with Crippen LogP contribution in [0.4, 0.5) is 4.79 Å². The van der Waals surface area contributed by atoms with Crippen LogP contribution in [-0.2, 0) is 19.1 Å². The zero-order valence-electron chi connectivity index (χ0n) is 13.5. The number of hydrogen-bond acceptors (Lipinski definition) is 6. The Balaban J connectivity index is 4.69. The van der Waals surface area contributed by atoms with Gasteiger partial charge in [-0.2, -0.15) is 0 Å². The summed E-state index contributed by atoms with van der Waals surface area (Å²) >= 11 is 0. The highest BCUT2D eigenvalue weighted by atomic mass is 16.6. The lowest BCUT2D eigenvalue weighted by Gasteiger charge is -2.23. The number of carbonyl (C=O) groups excluding carboxylic acids is 4. The molecule has 0 fully saturated rings. The predicted octanol–water partition coefficient (Wildman–Crippen LogP) is -0.647. The zero-order chi connectivity index (χ0) is 17.5. The van der Waals surface area contributed by atoms with Gasteiger partial charge in [-0.25, -0.2) is 4.79 Å². The number of hydrogen-bond donors (Lipinski definition) is 4. The van der Waals surface area contributed by atoms with Crippen molar-refractivity contribution in [1.82, 2.24) is 16.2 Å². The van der Waals surface area contributed by atoms with E-state index in [4.69, 9.17) is 10.5 Å². The van der Waals surface area contributed by atoms with Gasteiger partial charge in [0.05, 0.1) is 6.04 Å². The van der Waals surface area contributed by atoms with Gasteiger partial charge in [0.1, 0.15) is 17.4 Å². The van der Waals surface area contributed by atoms with E-state index in [2.05, 4.69) is 16.2 Å². The summed E-state index contributed by atoms with van der Waals surface area (Å²) in [7, 11) is 0. The van der Waals surface area contributed by atoms with Crippen molar-refractivity contribution in [2.75, 3.05) is 0 Å². The number of carbonyl (C=O) groups is 4. The van der Waals surface area contributed by atoms with Crippen molar-refractivity contribution in [3.63, 3.8) is 0 Å². The van der Waals surface area contributed by atoms with Crippen LogP contribution in [0.2, 0.25) is 0 Å². The molecule has 0 aliphatic carbocycles. The molecule has 0 aromatic heterocycles. The van der Waals surface area contributed by atoms with Crippen LogP contribution in [0.5, 0.6) is 0 Å². The van der Waals surface area contributed by atoms with E-state index in [-0.39, 0.29) is 12.2 Å². The molecule has 0 bridgehead atoms. The topological polar surface area (TPSA) is 140 Å². The molecule has 0 aromatic carbocycles. The van der Waals surface area contributed by atoms with E-state index < -0.39 is 35.6 Å². The molecule has 0 aliphatic heterocycles. The highest BCUT2D eigenvalue weighted by Crippen LogP contribution is 2.07. The van der Waals surface area contributed by atoms with Crippen molar-refractivity contribution in [1.29, 1.82) is 0 Å². The van der Waals surface area contributed by atoms with Crippen LogP contribution in [-0.4, -0.2) is 41.4 Å². The first-order valence-electron chi connectivity index (χ1n) is 6.76. The van der Waals surface area contributed by atoms with Gasteiger partial charge < -0.3 is 15.8 Å². The molecule has 126 valence electrons. The Morgan fingerprint density at radius 2 is 1.59 bits per heavy atom. The Hall–Kier alpha value is -2.16. The summed E-state index contributed by atoms with van der Waals surface area (Å²) in [5.74, 6) is -1.67. The molecule has 5 N–H and O–H groups in total. The zero-order valence-corrected chi connectivity index (χ0v) is 13.5. The second-order valence-electron chi connectivity index (χ2n) is 5.87. The van der Waals surface area contributed by atoms with Crippen LogP contribution >= 0.6 is 0 Å². The standard InChI is InChI=1S/C13H24N4O5/c1-7(18)6-9(15-12(21)22-13(3,4)5)11(20)17-16-10(19)8(2)14/h8-9H,6,14H2,1-5H3,(H,15,21)(H,16,19)(H,17,20). The molecule has 0 aliphatic rings. The van der Waals surface area contributed by atoms with Crippen molar-refractivity contribution in [2.24, 2.45) is 5.73 Å². The Kier molecular flexibility index (Phi) is 7.51. The van der Waals surface area contributed by atoms with E-state index in [0.29, 0.717) is 0 Å². The third-order valence-corrected chi connectivity index (χ3v) is 2.22. The van der Waals surface area contributed by atoms with Crippen molar-refractivity contribution in [3.05, 3.63) is 0 Å². The van der Waals surface area contributed by atoms with Gasteiger partial charge in [0.25, 0.3) is 11.8 Å². The number of Topliss-reactive ketones (excluding diaryl/α,β-unsaturated/α-hetero) is 1. The SMILES string of the molecule is CC(=O)CC(NC(=O)OC(C)(C)C)C(=O)NNC(=O)C(C)N. The first kappa shape index (κ1) is 19.8. The fourth-order valence-electron chi connectivity index (χ4n) is 1.27. The second kappa shape index (κ2) is 8.32. The molecular weight excluding hydrogens is 292 g/mol. The molecule has 0 aromatic rings. The summed E-state index contributed by atoms with van der Waals surface area (Å²) in [5.41, 5.74) is 8.76. The molecular formula is C13H24N4O5. The number of nitrogens with two attached hydrogens (primary N) is 1. The first-order valence-corrected chi connectivity index (χ1v) is 6.76. The molecule has 9 heteroatoms. The van der Waals surface area contributed by atoms with Crippen LogP contribution in [0.15, 0.2) is 0 Å². The smallest absolute Gasteiger partial charge is 0.408 e. The number of alkyl carbamates (subject to hydrolysis) is 1. The van der Waals surface area contributed by atoms with Gasteiger partial charge in [-0.15, -0.1) is 0 Å². The van der Waals surface area contributed by atoms with E-state index >= 15 is 0 Å². The number of hydrazine groups is 1. The maximum absolute atomic E-state index is 11.9. The Morgan fingerprint density at radius 1 is 1.09 bits per heavy atom. The number of ether oxygens (including phenoxy) is 1. The second-order valence-corrected chi connectivity index (χ2v) is 5.87. The number of nitrogens with one attached hydrogen (secondary N) is 3. The van der Waals surface area contributed by atoms with Crippen LogP contribution in [0.1, 0.15) is 41.0 Å². The van der Waals surface area contributed by atoms with Gasteiger partial charge in [-0.05, 0) is 34.6 Å². The van der Waals surface area contributed by atoms with E-state index in [9.17, 15) is 19.2 Å². The largest absolute Gasteiger partial charge is 0.444 e. The van der Waals surface area contributed by atoms with E-state index in [1.54, 1.807) is 20.8 Å². The Bertz CT molecular complexity index is 442. The molecule has 2 unspecified atom stereocenters. The lowest BCUT2D eigenvalue weighted by molar-refractivity contribution is -0.131. The van der Waals surface area contributed by atoms with Gasteiger partial charge in [0, 0.05) is 6.42 Å². The van der Waals surface area contributed by atoms with Gasteiger partial charge in [-0.3, -0.25) is 25.2 Å². The quantitative estimate of drug-likeness (QED) is 0.497. The first-order chi connectivity index (χ1) is 9.92. The Labute approximate surface area is 129 Å². The highest BCUT2D eigenvalue weighted by molar-refractivity contribution is 5.92. The van der Waals surface area contributed by atoms with Gasteiger partial charge >= 0.3 is 6.09 Å². The molecule has 0 heterocycles. The summed E-state index contributed by atoms with van der Waals surface area (Å²) in [6.45, 7) is 7.70.